The van der Waals surface area contributed by atoms with E-state index in [1.807, 2.05) is 0 Å². The zero-order valence-corrected chi connectivity index (χ0v) is 15.6. The SMILES string of the molecule is C[C@H](NC(=O)c1cc(O)cnc1Oc1ccc(F)c(F)c1)c1ccc(C(=O)O)cc1. The molecule has 0 saturated heterocycles. The van der Waals surface area contributed by atoms with Crippen molar-refractivity contribution in [1.82, 2.24) is 10.3 Å². The first-order valence-corrected chi connectivity index (χ1v) is 8.70. The van der Waals surface area contributed by atoms with Gasteiger partial charge in [-0.05, 0) is 42.8 Å². The zero-order chi connectivity index (χ0) is 21.8. The number of aromatic hydroxyl groups is 1. The number of pyridine rings is 1. The lowest BCUT2D eigenvalue weighted by Gasteiger charge is -2.16. The van der Waals surface area contributed by atoms with Crippen LogP contribution in [0, 0.1) is 11.6 Å². The summed E-state index contributed by atoms with van der Waals surface area (Å²) in [6, 6.07) is 9.40. The lowest BCUT2D eigenvalue weighted by atomic mass is 10.1. The van der Waals surface area contributed by atoms with Gasteiger partial charge < -0.3 is 20.3 Å². The summed E-state index contributed by atoms with van der Waals surface area (Å²) in [5.74, 6) is -4.49. The van der Waals surface area contributed by atoms with E-state index >= 15 is 0 Å². The topological polar surface area (TPSA) is 109 Å². The number of carbonyl (C=O) groups is 2. The van der Waals surface area contributed by atoms with Gasteiger partial charge in [-0.1, -0.05) is 12.1 Å². The van der Waals surface area contributed by atoms with Crippen molar-refractivity contribution in [1.29, 1.82) is 0 Å². The Kier molecular flexibility index (Phi) is 5.91. The van der Waals surface area contributed by atoms with E-state index in [2.05, 4.69) is 10.3 Å². The van der Waals surface area contributed by atoms with E-state index in [1.54, 1.807) is 19.1 Å². The van der Waals surface area contributed by atoms with Crippen LogP contribution in [0.15, 0.2) is 54.7 Å². The first-order valence-electron chi connectivity index (χ1n) is 8.70. The molecule has 3 N–H and O–H groups in total. The summed E-state index contributed by atoms with van der Waals surface area (Å²) in [4.78, 5) is 27.5. The van der Waals surface area contributed by atoms with Crippen LogP contribution in [0.3, 0.4) is 0 Å². The summed E-state index contributed by atoms with van der Waals surface area (Å²) >= 11 is 0. The monoisotopic (exact) mass is 414 g/mol. The third-order valence-corrected chi connectivity index (χ3v) is 4.19. The molecule has 0 aliphatic carbocycles. The summed E-state index contributed by atoms with van der Waals surface area (Å²) < 4.78 is 31.9. The van der Waals surface area contributed by atoms with Gasteiger partial charge in [0, 0.05) is 6.07 Å². The molecule has 3 rings (SSSR count). The van der Waals surface area contributed by atoms with Crippen molar-refractivity contribution in [3.63, 3.8) is 0 Å². The summed E-state index contributed by atoms with van der Waals surface area (Å²) in [5.41, 5.74) is 0.620. The van der Waals surface area contributed by atoms with Crippen LogP contribution in [0.5, 0.6) is 17.4 Å². The Morgan fingerprint density at radius 2 is 1.77 bits per heavy atom. The maximum Gasteiger partial charge on any atom is 0.335 e. The van der Waals surface area contributed by atoms with Crippen LogP contribution >= 0.6 is 0 Å². The second-order valence-corrected chi connectivity index (χ2v) is 6.35. The van der Waals surface area contributed by atoms with E-state index in [4.69, 9.17) is 9.84 Å². The third kappa shape index (κ3) is 4.69. The van der Waals surface area contributed by atoms with Crippen LogP contribution in [0.2, 0.25) is 0 Å². The average Bonchev–Trinajstić information content (AvgIpc) is 2.72. The molecule has 0 fully saturated rings. The normalized spacial score (nSPS) is 11.6. The van der Waals surface area contributed by atoms with Gasteiger partial charge >= 0.3 is 5.97 Å². The highest BCUT2D eigenvalue weighted by Crippen LogP contribution is 2.27. The van der Waals surface area contributed by atoms with Gasteiger partial charge in [-0.25, -0.2) is 18.6 Å². The lowest BCUT2D eigenvalue weighted by Crippen LogP contribution is -2.27. The standard InChI is InChI=1S/C21H16F2N2O5/c1-11(12-2-4-13(5-3-12)21(28)29)25-19(27)16-8-14(26)10-24-20(16)30-15-6-7-17(22)18(23)9-15/h2-11,26H,1H3,(H,25,27)(H,28,29)/t11-/m0/s1. The fourth-order valence-corrected chi connectivity index (χ4v) is 2.61. The van der Waals surface area contributed by atoms with Gasteiger partial charge in [-0.15, -0.1) is 0 Å². The average molecular weight is 414 g/mol. The Hall–Kier alpha value is -4.01. The van der Waals surface area contributed by atoms with Gasteiger partial charge in [0.1, 0.15) is 17.1 Å². The maximum absolute atomic E-state index is 13.4. The van der Waals surface area contributed by atoms with Gasteiger partial charge in [0.05, 0.1) is 17.8 Å². The molecule has 0 aliphatic heterocycles. The van der Waals surface area contributed by atoms with Gasteiger partial charge in [0.15, 0.2) is 11.6 Å². The quantitative estimate of drug-likeness (QED) is 0.562. The highest BCUT2D eigenvalue weighted by Gasteiger charge is 2.19. The van der Waals surface area contributed by atoms with Crippen molar-refractivity contribution in [3.05, 3.63) is 83.1 Å². The molecule has 7 nitrogen and oxygen atoms in total. The highest BCUT2D eigenvalue weighted by atomic mass is 19.2. The first kappa shape index (κ1) is 20.7. The van der Waals surface area contributed by atoms with Crippen molar-refractivity contribution < 1.29 is 33.3 Å². The number of carbonyl (C=O) groups excluding carboxylic acids is 1. The third-order valence-electron chi connectivity index (χ3n) is 4.19. The molecule has 1 amide bonds. The van der Waals surface area contributed by atoms with Crippen LogP contribution in [-0.4, -0.2) is 27.1 Å². The number of benzene rings is 2. The number of hydrogen-bond donors (Lipinski definition) is 3. The predicted molar refractivity (Wildman–Crippen MR) is 102 cm³/mol. The summed E-state index contributed by atoms with van der Waals surface area (Å²) in [5, 5.41) is 21.3. The predicted octanol–water partition coefficient (Wildman–Crippen LogP) is 4.05. The Bertz CT molecular complexity index is 1100. The minimum Gasteiger partial charge on any atom is -0.506 e. The van der Waals surface area contributed by atoms with E-state index < -0.39 is 29.6 Å². The number of aromatic carboxylic acids is 1. The molecule has 0 unspecified atom stereocenters. The fraction of sp³-hybridized carbons (Fsp3) is 0.0952. The molecule has 9 heteroatoms. The van der Waals surface area contributed by atoms with Crippen LogP contribution in [0.4, 0.5) is 8.78 Å². The molecule has 0 aliphatic rings. The molecule has 0 bridgehead atoms. The van der Waals surface area contributed by atoms with Crippen LogP contribution in [0.25, 0.3) is 0 Å². The Morgan fingerprint density at radius 1 is 1.07 bits per heavy atom. The number of rotatable bonds is 6. The number of nitrogens with one attached hydrogen (secondary N) is 1. The molecule has 0 spiro atoms. The number of carboxylic acid groups (broad SMARTS) is 1. The van der Waals surface area contributed by atoms with Gasteiger partial charge in [-0.2, -0.15) is 0 Å². The number of hydrogen-bond acceptors (Lipinski definition) is 5. The lowest BCUT2D eigenvalue weighted by molar-refractivity contribution is 0.0696. The van der Waals surface area contributed by atoms with Crippen molar-refractivity contribution in [2.45, 2.75) is 13.0 Å². The van der Waals surface area contributed by atoms with E-state index in [9.17, 15) is 23.5 Å². The second kappa shape index (κ2) is 8.56. The number of aromatic nitrogens is 1. The molecule has 154 valence electrons. The van der Waals surface area contributed by atoms with E-state index in [-0.39, 0.29) is 28.5 Å². The fourth-order valence-electron chi connectivity index (χ4n) is 2.61. The molecule has 3 aromatic rings. The summed E-state index contributed by atoms with van der Waals surface area (Å²) in [6.45, 7) is 1.68. The summed E-state index contributed by atoms with van der Waals surface area (Å²) in [7, 11) is 0. The first-order chi connectivity index (χ1) is 14.2. The minimum absolute atomic E-state index is 0.0848. The number of ether oxygens (including phenoxy) is 1. The van der Waals surface area contributed by atoms with Crippen molar-refractivity contribution >= 4 is 11.9 Å². The molecule has 30 heavy (non-hydrogen) atoms. The van der Waals surface area contributed by atoms with Crippen molar-refractivity contribution in [3.8, 4) is 17.4 Å². The number of carboxylic acids is 1. The van der Waals surface area contributed by atoms with Crippen LogP contribution in [-0.2, 0) is 0 Å². The largest absolute Gasteiger partial charge is 0.506 e. The molecule has 1 atom stereocenters. The van der Waals surface area contributed by atoms with Crippen molar-refractivity contribution in [2.75, 3.05) is 0 Å². The molecule has 0 radical (unpaired) electrons. The van der Waals surface area contributed by atoms with E-state index in [0.29, 0.717) is 5.56 Å². The maximum atomic E-state index is 13.4. The smallest absolute Gasteiger partial charge is 0.335 e. The van der Waals surface area contributed by atoms with Gasteiger partial charge in [0.2, 0.25) is 5.88 Å². The summed E-state index contributed by atoms with van der Waals surface area (Å²) in [6.07, 6.45) is 1.04. The molecule has 1 aromatic heterocycles. The molecule has 0 saturated carbocycles. The molecular weight excluding hydrogens is 398 g/mol. The Labute approximate surface area is 169 Å². The van der Waals surface area contributed by atoms with Gasteiger partial charge in [-0.3, -0.25) is 4.79 Å². The van der Waals surface area contributed by atoms with Crippen LogP contribution in [0.1, 0.15) is 39.2 Å². The second-order valence-electron chi connectivity index (χ2n) is 6.35. The molecule has 2 aromatic carbocycles. The van der Waals surface area contributed by atoms with Crippen molar-refractivity contribution in [2.24, 2.45) is 0 Å². The highest BCUT2D eigenvalue weighted by molar-refractivity contribution is 5.97. The van der Waals surface area contributed by atoms with Crippen LogP contribution < -0.4 is 10.1 Å². The number of halogens is 2. The number of nitrogens with zero attached hydrogens (tertiary/aromatic N) is 1. The Balaban J connectivity index is 1.81. The van der Waals surface area contributed by atoms with E-state index in [1.165, 1.54) is 18.2 Å². The molecular formula is C21H16F2N2O5. The minimum atomic E-state index is -1.13. The zero-order valence-electron chi connectivity index (χ0n) is 15.6. The van der Waals surface area contributed by atoms with Gasteiger partial charge in [0.25, 0.3) is 5.91 Å². The van der Waals surface area contributed by atoms with E-state index in [0.717, 1.165) is 24.4 Å². The Morgan fingerprint density at radius 3 is 2.40 bits per heavy atom. The number of amides is 1. The molecule has 1 heterocycles.